The molecular weight excluding hydrogens is 148 g/mol. The molecule has 0 fully saturated rings. The number of unbranched alkanes of at least 4 members (excludes halogenated alkanes) is 1. The van der Waals surface area contributed by atoms with Crippen LogP contribution in [0.25, 0.3) is 0 Å². The summed E-state index contributed by atoms with van der Waals surface area (Å²) in [5, 5.41) is 3.34. The van der Waals surface area contributed by atoms with Crippen molar-refractivity contribution < 1.29 is 0 Å². The van der Waals surface area contributed by atoms with Gasteiger partial charge in [0.05, 0.1) is 5.84 Å². The van der Waals surface area contributed by atoms with E-state index in [4.69, 9.17) is 0 Å². The van der Waals surface area contributed by atoms with Crippen LogP contribution in [0.1, 0.15) is 47.0 Å². The number of nitrogens with zero attached hydrogens (tertiary/aromatic N) is 1. The summed E-state index contributed by atoms with van der Waals surface area (Å²) < 4.78 is 0. The second-order valence-electron chi connectivity index (χ2n) is 3.27. The quantitative estimate of drug-likeness (QED) is 0.383. The standard InChI is InChI=1S/C10H22N2/c1-5-7-8-11-10(4)12-9(3)6-2/h9H,5-8H2,1-4H3,(H,11,12). The van der Waals surface area contributed by atoms with E-state index in [0.717, 1.165) is 18.8 Å². The summed E-state index contributed by atoms with van der Waals surface area (Å²) >= 11 is 0. The van der Waals surface area contributed by atoms with Crippen LogP contribution in [-0.4, -0.2) is 18.4 Å². The fourth-order valence-corrected chi connectivity index (χ4v) is 0.909. The highest BCUT2D eigenvalue weighted by molar-refractivity contribution is 5.79. The molecule has 72 valence electrons. The summed E-state index contributed by atoms with van der Waals surface area (Å²) in [5.74, 6) is 1.08. The Morgan fingerprint density at radius 1 is 1.42 bits per heavy atom. The second kappa shape index (κ2) is 7.14. The van der Waals surface area contributed by atoms with Crippen molar-refractivity contribution >= 4 is 5.84 Å². The number of rotatable bonds is 5. The molecule has 2 heteroatoms. The average Bonchev–Trinajstić information content (AvgIpc) is 2.05. The molecule has 0 amide bonds. The van der Waals surface area contributed by atoms with Gasteiger partial charge in [-0.15, -0.1) is 0 Å². The van der Waals surface area contributed by atoms with Gasteiger partial charge in [0.2, 0.25) is 0 Å². The van der Waals surface area contributed by atoms with Crippen LogP contribution in [0.3, 0.4) is 0 Å². The lowest BCUT2D eigenvalue weighted by Crippen LogP contribution is -2.30. The van der Waals surface area contributed by atoms with Crippen LogP contribution >= 0.6 is 0 Å². The monoisotopic (exact) mass is 170 g/mol. The van der Waals surface area contributed by atoms with Crippen LogP contribution in [0, 0.1) is 0 Å². The first-order valence-corrected chi connectivity index (χ1v) is 4.98. The van der Waals surface area contributed by atoms with Gasteiger partial charge in [-0.2, -0.15) is 0 Å². The molecule has 0 saturated carbocycles. The molecule has 0 spiro atoms. The first-order chi connectivity index (χ1) is 5.70. The fraction of sp³-hybridized carbons (Fsp3) is 0.900. The van der Waals surface area contributed by atoms with E-state index in [1.54, 1.807) is 0 Å². The maximum Gasteiger partial charge on any atom is 0.0933 e. The van der Waals surface area contributed by atoms with Gasteiger partial charge in [-0.3, -0.25) is 4.99 Å². The highest BCUT2D eigenvalue weighted by atomic mass is 15.0. The van der Waals surface area contributed by atoms with Crippen molar-refractivity contribution in [2.24, 2.45) is 4.99 Å². The summed E-state index contributed by atoms with van der Waals surface area (Å²) in [6.45, 7) is 9.55. The van der Waals surface area contributed by atoms with E-state index in [9.17, 15) is 0 Å². The number of amidine groups is 1. The summed E-state index contributed by atoms with van der Waals surface area (Å²) in [4.78, 5) is 4.41. The molecule has 0 aromatic heterocycles. The summed E-state index contributed by atoms with van der Waals surface area (Å²) in [6.07, 6.45) is 3.57. The minimum atomic E-state index is 0.551. The minimum absolute atomic E-state index is 0.551. The molecule has 0 rings (SSSR count). The predicted octanol–water partition coefficient (Wildman–Crippen LogP) is 2.59. The van der Waals surface area contributed by atoms with E-state index in [-0.39, 0.29) is 0 Å². The van der Waals surface area contributed by atoms with Gasteiger partial charge in [-0.1, -0.05) is 20.3 Å². The third kappa shape index (κ3) is 6.20. The van der Waals surface area contributed by atoms with Crippen LogP contribution in [0.5, 0.6) is 0 Å². The van der Waals surface area contributed by atoms with Gasteiger partial charge in [0.15, 0.2) is 0 Å². The molecule has 2 nitrogen and oxygen atoms in total. The number of hydrogen-bond donors (Lipinski definition) is 1. The van der Waals surface area contributed by atoms with Crippen molar-refractivity contribution in [1.29, 1.82) is 0 Å². The molecular formula is C10H22N2. The number of nitrogens with one attached hydrogen (secondary N) is 1. The van der Waals surface area contributed by atoms with Gasteiger partial charge in [0, 0.05) is 12.6 Å². The molecule has 0 aromatic rings. The van der Waals surface area contributed by atoms with Crippen LogP contribution in [0.4, 0.5) is 0 Å². The first-order valence-electron chi connectivity index (χ1n) is 4.98. The Morgan fingerprint density at radius 3 is 2.58 bits per heavy atom. The Bertz CT molecular complexity index is 130. The molecule has 0 radical (unpaired) electrons. The highest BCUT2D eigenvalue weighted by Crippen LogP contribution is 1.90. The largest absolute Gasteiger partial charge is 0.372 e. The van der Waals surface area contributed by atoms with E-state index in [0.29, 0.717) is 6.04 Å². The van der Waals surface area contributed by atoms with Crippen molar-refractivity contribution in [3.63, 3.8) is 0 Å². The van der Waals surface area contributed by atoms with Crippen molar-refractivity contribution in [2.75, 3.05) is 6.54 Å². The molecule has 0 bridgehead atoms. The first kappa shape index (κ1) is 11.5. The van der Waals surface area contributed by atoms with E-state index < -0.39 is 0 Å². The van der Waals surface area contributed by atoms with Gasteiger partial charge in [-0.25, -0.2) is 0 Å². The molecule has 0 aliphatic heterocycles. The number of aliphatic imine (C=N–C) groups is 1. The average molecular weight is 170 g/mol. The number of hydrogen-bond acceptors (Lipinski definition) is 1. The lowest BCUT2D eigenvalue weighted by atomic mass is 10.2. The molecule has 1 atom stereocenters. The van der Waals surface area contributed by atoms with Crippen molar-refractivity contribution in [2.45, 2.75) is 53.0 Å². The van der Waals surface area contributed by atoms with Crippen LogP contribution < -0.4 is 5.32 Å². The molecule has 0 saturated heterocycles. The summed E-state index contributed by atoms with van der Waals surface area (Å²) in [7, 11) is 0. The van der Waals surface area contributed by atoms with Gasteiger partial charge in [-0.05, 0) is 26.7 Å². The lowest BCUT2D eigenvalue weighted by Gasteiger charge is -2.11. The van der Waals surface area contributed by atoms with Gasteiger partial charge in [0.25, 0.3) is 0 Å². The van der Waals surface area contributed by atoms with E-state index in [1.807, 2.05) is 6.92 Å². The summed E-state index contributed by atoms with van der Waals surface area (Å²) in [5.41, 5.74) is 0. The van der Waals surface area contributed by atoms with E-state index in [1.165, 1.54) is 12.8 Å². The molecule has 0 aliphatic rings. The Balaban J connectivity index is 3.54. The predicted molar refractivity (Wildman–Crippen MR) is 55.8 cm³/mol. The zero-order valence-electron chi connectivity index (χ0n) is 8.85. The van der Waals surface area contributed by atoms with Crippen molar-refractivity contribution in [3.05, 3.63) is 0 Å². The molecule has 1 N–H and O–H groups in total. The second-order valence-corrected chi connectivity index (χ2v) is 3.27. The molecule has 0 aliphatic carbocycles. The Morgan fingerprint density at radius 2 is 2.08 bits per heavy atom. The zero-order chi connectivity index (χ0) is 9.40. The van der Waals surface area contributed by atoms with Crippen LogP contribution in [0.15, 0.2) is 4.99 Å². The maximum absolute atomic E-state index is 4.41. The summed E-state index contributed by atoms with van der Waals surface area (Å²) in [6, 6.07) is 0.551. The third-order valence-electron chi connectivity index (χ3n) is 1.93. The van der Waals surface area contributed by atoms with Crippen LogP contribution in [-0.2, 0) is 0 Å². The van der Waals surface area contributed by atoms with Crippen molar-refractivity contribution in [1.82, 2.24) is 5.32 Å². The van der Waals surface area contributed by atoms with E-state index >= 15 is 0 Å². The normalized spacial score (nSPS) is 14.5. The zero-order valence-corrected chi connectivity index (χ0v) is 8.85. The molecule has 12 heavy (non-hydrogen) atoms. The Hall–Kier alpha value is -0.530. The molecule has 1 unspecified atom stereocenters. The van der Waals surface area contributed by atoms with Gasteiger partial charge >= 0.3 is 0 Å². The van der Waals surface area contributed by atoms with Gasteiger partial charge < -0.3 is 5.32 Å². The lowest BCUT2D eigenvalue weighted by molar-refractivity contribution is 0.637. The maximum atomic E-state index is 4.41. The molecule has 0 heterocycles. The van der Waals surface area contributed by atoms with Crippen LogP contribution in [0.2, 0.25) is 0 Å². The van der Waals surface area contributed by atoms with Gasteiger partial charge in [0.1, 0.15) is 0 Å². The smallest absolute Gasteiger partial charge is 0.0933 e. The van der Waals surface area contributed by atoms with Crippen molar-refractivity contribution in [3.8, 4) is 0 Å². The topological polar surface area (TPSA) is 24.4 Å². The highest BCUT2D eigenvalue weighted by Gasteiger charge is 1.96. The third-order valence-corrected chi connectivity index (χ3v) is 1.93. The fourth-order valence-electron chi connectivity index (χ4n) is 0.909. The Kier molecular flexibility index (Phi) is 6.82. The van der Waals surface area contributed by atoms with E-state index in [2.05, 4.69) is 31.1 Å². The molecule has 0 aromatic carbocycles. The minimum Gasteiger partial charge on any atom is -0.372 e. The SMILES string of the molecule is CCCCN=C(C)NC(C)CC. The Labute approximate surface area is 76.5 Å².